The Kier molecular flexibility index (Phi) is 4.03. The lowest BCUT2D eigenvalue weighted by atomic mass is 10.2. The first-order chi connectivity index (χ1) is 7.36. The van der Waals surface area contributed by atoms with E-state index in [1.807, 2.05) is 24.2 Å². The lowest BCUT2D eigenvalue weighted by Crippen LogP contribution is -2.29. The molecule has 1 heterocycles. The van der Waals surface area contributed by atoms with Crippen molar-refractivity contribution in [2.45, 2.75) is 30.7 Å². The second-order valence-corrected chi connectivity index (χ2v) is 5.28. The average molecular weight is 222 g/mol. The van der Waals surface area contributed by atoms with Crippen molar-refractivity contribution in [3.63, 3.8) is 0 Å². The van der Waals surface area contributed by atoms with Crippen LogP contribution in [0.4, 0.5) is 0 Å². The molecule has 0 saturated heterocycles. The normalized spacial score (nSPS) is 17.7. The fourth-order valence-electron chi connectivity index (χ4n) is 1.65. The second-order valence-electron chi connectivity index (χ2n) is 4.11. The average Bonchev–Trinajstić information content (AvgIpc) is 3.09. The number of hydrogen-bond acceptors (Lipinski definition) is 3. The zero-order chi connectivity index (χ0) is 10.5. The summed E-state index contributed by atoms with van der Waals surface area (Å²) < 4.78 is 0. The molecule has 0 spiro atoms. The molecule has 0 radical (unpaired) electrons. The quantitative estimate of drug-likeness (QED) is 0.591. The summed E-state index contributed by atoms with van der Waals surface area (Å²) in [6.45, 7) is 3.40. The third-order valence-corrected chi connectivity index (χ3v) is 3.83. The van der Waals surface area contributed by atoms with Crippen LogP contribution in [0.5, 0.6) is 0 Å². The number of hydrogen-bond donors (Lipinski definition) is 1. The molecule has 2 nitrogen and oxygen atoms in total. The molecule has 1 unspecified atom stereocenters. The minimum absolute atomic E-state index is 0.711. The predicted molar refractivity (Wildman–Crippen MR) is 65.1 cm³/mol. The van der Waals surface area contributed by atoms with E-state index < -0.39 is 0 Å². The summed E-state index contributed by atoms with van der Waals surface area (Å²) in [7, 11) is 0. The summed E-state index contributed by atoms with van der Waals surface area (Å²) in [6, 6.07) is 4.84. The van der Waals surface area contributed by atoms with E-state index in [0.29, 0.717) is 6.04 Å². The van der Waals surface area contributed by atoms with Gasteiger partial charge in [0.05, 0.1) is 0 Å². The number of pyridine rings is 1. The third-order valence-electron chi connectivity index (χ3n) is 2.82. The Hall–Kier alpha value is -0.540. The highest BCUT2D eigenvalue weighted by Crippen LogP contribution is 2.32. The SMILES string of the molecule is CC(NCCSc1ccncc1)C1CC1. The van der Waals surface area contributed by atoms with Crippen molar-refractivity contribution < 1.29 is 0 Å². The van der Waals surface area contributed by atoms with Gasteiger partial charge in [0, 0.05) is 35.6 Å². The molecule has 1 atom stereocenters. The summed E-state index contributed by atoms with van der Waals surface area (Å²) >= 11 is 1.89. The summed E-state index contributed by atoms with van der Waals surface area (Å²) in [5.74, 6) is 2.09. The van der Waals surface area contributed by atoms with Crippen LogP contribution in [0.2, 0.25) is 0 Å². The van der Waals surface area contributed by atoms with Gasteiger partial charge < -0.3 is 5.32 Å². The van der Waals surface area contributed by atoms with Gasteiger partial charge in [-0.1, -0.05) is 0 Å². The number of aromatic nitrogens is 1. The van der Waals surface area contributed by atoms with Gasteiger partial charge in [-0.15, -0.1) is 11.8 Å². The van der Waals surface area contributed by atoms with Crippen LogP contribution in [-0.4, -0.2) is 23.3 Å². The van der Waals surface area contributed by atoms with Gasteiger partial charge in [0.1, 0.15) is 0 Å². The molecule has 0 aliphatic heterocycles. The molecule has 0 aromatic carbocycles. The highest BCUT2D eigenvalue weighted by molar-refractivity contribution is 7.99. The smallest absolute Gasteiger partial charge is 0.0278 e. The molecular formula is C12H18N2S. The monoisotopic (exact) mass is 222 g/mol. The molecule has 0 amide bonds. The van der Waals surface area contributed by atoms with Crippen molar-refractivity contribution in [3.8, 4) is 0 Å². The summed E-state index contributed by atoms with van der Waals surface area (Å²) in [5.41, 5.74) is 0. The van der Waals surface area contributed by atoms with Crippen LogP contribution >= 0.6 is 11.8 Å². The van der Waals surface area contributed by atoms with Crippen LogP contribution in [-0.2, 0) is 0 Å². The maximum absolute atomic E-state index is 4.00. The Morgan fingerprint density at radius 2 is 2.20 bits per heavy atom. The van der Waals surface area contributed by atoms with Gasteiger partial charge in [0.25, 0.3) is 0 Å². The van der Waals surface area contributed by atoms with E-state index in [-0.39, 0.29) is 0 Å². The van der Waals surface area contributed by atoms with Gasteiger partial charge in [-0.05, 0) is 37.8 Å². The third kappa shape index (κ3) is 3.84. The van der Waals surface area contributed by atoms with Crippen molar-refractivity contribution in [2.75, 3.05) is 12.3 Å². The molecule has 1 aliphatic carbocycles. The predicted octanol–water partition coefficient (Wildman–Crippen LogP) is 2.56. The highest BCUT2D eigenvalue weighted by atomic mass is 32.2. The van der Waals surface area contributed by atoms with E-state index in [1.165, 1.54) is 17.7 Å². The highest BCUT2D eigenvalue weighted by Gasteiger charge is 2.26. The number of rotatable bonds is 6. The Bertz CT molecular complexity index is 285. The summed E-state index contributed by atoms with van der Waals surface area (Å²) in [6.07, 6.45) is 6.54. The van der Waals surface area contributed by atoms with E-state index in [0.717, 1.165) is 18.2 Å². The molecule has 82 valence electrons. The molecule has 1 aliphatic rings. The van der Waals surface area contributed by atoms with E-state index >= 15 is 0 Å². The number of thioether (sulfide) groups is 1. The first-order valence-electron chi connectivity index (χ1n) is 5.62. The molecule has 1 fully saturated rings. The fourth-order valence-corrected chi connectivity index (χ4v) is 2.42. The zero-order valence-electron chi connectivity index (χ0n) is 9.15. The maximum atomic E-state index is 4.00. The Labute approximate surface area is 95.9 Å². The van der Waals surface area contributed by atoms with Crippen LogP contribution < -0.4 is 5.32 Å². The first-order valence-corrected chi connectivity index (χ1v) is 6.61. The van der Waals surface area contributed by atoms with Crippen molar-refractivity contribution in [1.29, 1.82) is 0 Å². The van der Waals surface area contributed by atoms with Crippen LogP contribution in [0.3, 0.4) is 0 Å². The van der Waals surface area contributed by atoms with Gasteiger partial charge in [0.2, 0.25) is 0 Å². The summed E-state index contributed by atoms with van der Waals surface area (Å²) in [4.78, 5) is 5.32. The van der Waals surface area contributed by atoms with Gasteiger partial charge in [-0.2, -0.15) is 0 Å². The minimum Gasteiger partial charge on any atom is -0.313 e. The Morgan fingerprint density at radius 3 is 2.87 bits per heavy atom. The fraction of sp³-hybridized carbons (Fsp3) is 0.583. The molecule has 1 saturated carbocycles. The van der Waals surface area contributed by atoms with E-state index in [2.05, 4.69) is 29.4 Å². The molecule has 0 bridgehead atoms. The van der Waals surface area contributed by atoms with Crippen molar-refractivity contribution in [2.24, 2.45) is 5.92 Å². The van der Waals surface area contributed by atoms with Gasteiger partial charge in [-0.25, -0.2) is 0 Å². The molecule has 3 heteroatoms. The van der Waals surface area contributed by atoms with E-state index in [1.54, 1.807) is 0 Å². The van der Waals surface area contributed by atoms with Crippen molar-refractivity contribution in [1.82, 2.24) is 10.3 Å². The largest absolute Gasteiger partial charge is 0.313 e. The molecule has 15 heavy (non-hydrogen) atoms. The maximum Gasteiger partial charge on any atom is 0.0278 e. The van der Waals surface area contributed by atoms with E-state index in [4.69, 9.17) is 0 Å². The summed E-state index contributed by atoms with van der Waals surface area (Å²) in [5, 5.41) is 3.58. The topological polar surface area (TPSA) is 24.9 Å². The van der Waals surface area contributed by atoms with Gasteiger partial charge >= 0.3 is 0 Å². The minimum atomic E-state index is 0.711. The van der Waals surface area contributed by atoms with Crippen LogP contribution in [0.15, 0.2) is 29.4 Å². The molecule has 1 aromatic heterocycles. The van der Waals surface area contributed by atoms with Crippen molar-refractivity contribution in [3.05, 3.63) is 24.5 Å². The first kappa shape index (κ1) is 11.0. The van der Waals surface area contributed by atoms with Gasteiger partial charge in [0.15, 0.2) is 0 Å². The molecular weight excluding hydrogens is 204 g/mol. The number of nitrogens with one attached hydrogen (secondary N) is 1. The van der Waals surface area contributed by atoms with Crippen molar-refractivity contribution >= 4 is 11.8 Å². The lowest BCUT2D eigenvalue weighted by molar-refractivity contribution is 0.514. The Morgan fingerprint density at radius 1 is 1.47 bits per heavy atom. The Balaban J connectivity index is 1.58. The molecule has 1 aromatic rings. The number of nitrogens with zero attached hydrogens (tertiary/aromatic N) is 1. The molecule has 1 N–H and O–H groups in total. The van der Waals surface area contributed by atoms with Crippen LogP contribution in [0, 0.1) is 5.92 Å². The zero-order valence-corrected chi connectivity index (χ0v) is 9.96. The van der Waals surface area contributed by atoms with Crippen LogP contribution in [0.25, 0.3) is 0 Å². The van der Waals surface area contributed by atoms with Crippen LogP contribution in [0.1, 0.15) is 19.8 Å². The van der Waals surface area contributed by atoms with Gasteiger partial charge in [-0.3, -0.25) is 4.98 Å². The van der Waals surface area contributed by atoms with E-state index in [9.17, 15) is 0 Å². The second kappa shape index (κ2) is 5.52. The lowest BCUT2D eigenvalue weighted by Gasteiger charge is -2.11. The molecule has 2 rings (SSSR count). The standard InChI is InChI=1S/C12H18N2S/c1-10(11-2-3-11)14-8-9-15-12-4-6-13-7-5-12/h4-7,10-11,14H,2-3,8-9H2,1H3.